The molecule has 3 nitrogen and oxygen atoms in total. The quantitative estimate of drug-likeness (QED) is 0.591. The summed E-state index contributed by atoms with van der Waals surface area (Å²) in [5, 5.41) is 0. The van der Waals surface area contributed by atoms with Crippen molar-refractivity contribution < 1.29 is 9.53 Å². The number of nitrogens with zero attached hydrogens (tertiary/aromatic N) is 1. The van der Waals surface area contributed by atoms with Crippen LogP contribution in [0.3, 0.4) is 0 Å². The molecule has 0 radical (unpaired) electrons. The van der Waals surface area contributed by atoms with Crippen molar-refractivity contribution >= 4 is 5.97 Å². The van der Waals surface area contributed by atoms with Crippen LogP contribution in [0.2, 0.25) is 0 Å². The van der Waals surface area contributed by atoms with Gasteiger partial charge in [-0.3, -0.25) is 9.69 Å². The van der Waals surface area contributed by atoms with Crippen molar-refractivity contribution in [1.82, 2.24) is 4.90 Å². The molecule has 0 N–H and O–H groups in total. The summed E-state index contributed by atoms with van der Waals surface area (Å²) in [6.07, 6.45) is 1.80. The first kappa shape index (κ1) is 14.5. The molecule has 2 unspecified atom stereocenters. The Morgan fingerprint density at radius 1 is 1.39 bits per heavy atom. The Bertz CT molecular complexity index is 414. The lowest BCUT2D eigenvalue weighted by Gasteiger charge is -2.39. The number of ether oxygens (including phenoxy) is 1. The van der Waals surface area contributed by atoms with Gasteiger partial charge in [0.1, 0.15) is 5.54 Å². The predicted octanol–water partition coefficient (Wildman–Crippen LogP) is 2.45. The number of carbonyl (C=O) groups excluding carboxylic acids is 1. The summed E-state index contributed by atoms with van der Waals surface area (Å²) in [5.74, 6) is -0.387. The summed E-state index contributed by atoms with van der Waals surface area (Å²) >= 11 is 0. The molecule has 0 aliphatic heterocycles. The highest BCUT2D eigenvalue weighted by Gasteiger charge is 2.43. The fourth-order valence-corrected chi connectivity index (χ4v) is 2.14. The summed E-state index contributed by atoms with van der Waals surface area (Å²) in [5.41, 5.74) is 0.284. The molecule has 0 aliphatic carbocycles. The van der Waals surface area contributed by atoms with Crippen molar-refractivity contribution in [3.05, 3.63) is 48.6 Å². The molecular weight excluding hydrogens is 226 g/mol. The van der Waals surface area contributed by atoms with E-state index in [1.165, 1.54) is 7.11 Å². The van der Waals surface area contributed by atoms with E-state index in [-0.39, 0.29) is 11.9 Å². The monoisotopic (exact) mass is 247 g/mol. The van der Waals surface area contributed by atoms with Crippen LogP contribution in [0.1, 0.15) is 18.4 Å². The molecule has 1 aromatic carbocycles. The van der Waals surface area contributed by atoms with Gasteiger partial charge in [0.25, 0.3) is 0 Å². The highest BCUT2D eigenvalue weighted by molar-refractivity contribution is 5.82. The van der Waals surface area contributed by atoms with Crippen molar-refractivity contribution in [2.75, 3.05) is 21.2 Å². The minimum absolute atomic E-state index is 0.124. The number of esters is 1. The Hall–Kier alpha value is -1.61. The maximum Gasteiger partial charge on any atom is 0.326 e. The minimum Gasteiger partial charge on any atom is -0.468 e. The van der Waals surface area contributed by atoms with Gasteiger partial charge in [0, 0.05) is 5.92 Å². The average molecular weight is 247 g/mol. The molecule has 0 aliphatic rings. The number of hydrogen-bond donors (Lipinski definition) is 0. The second-order valence-corrected chi connectivity index (χ2v) is 4.66. The fraction of sp³-hybridized carbons (Fsp3) is 0.400. The topological polar surface area (TPSA) is 29.5 Å². The Labute approximate surface area is 109 Å². The Morgan fingerprint density at radius 2 is 1.94 bits per heavy atom. The number of likely N-dealkylation sites (N-methyl/N-ethyl adjacent to an activating group) is 1. The van der Waals surface area contributed by atoms with E-state index in [1.807, 2.05) is 56.3 Å². The highest BCUT2D eigenvalue weighted by atomic mass is 16.5. The number of carbonyl (C=O) groups is 1. The fourth-order valence-electron chi connectivity index (χ4n) is 2.14. The van der Waals surface area contributed by atoms with Gasteiger partial charge in [-0.25, -0.2) is 0 Å². The number of methoxy groups -OCH3 is 1. The van der Waals surface area contributed by atoms with Gasteiger partial charge >= 0.3 is 5.97 Å². The first-order chi connectivity index (χ1) is 8.48. The van der Waals surface area contributed by atoms with Gasteiger partial charge in [-0.15, -0.1) is 6.58 Å². The molecule has 98 valence electrons. The zero-order valence-electron chi connectivity index (χ0n) is 11.5. The van der Waals surface area contributed by atoms with E-state index in [4.69, 9.17) is 4.74 Å². The molecular formula is C15H21NO2. The van der Waals surface area contributed by atoms with Crippen molar-refractivity contribution in [3.63, 3.8) is 0 Å². The minimum atomic E-state index is -0.766. The van der Waals surface area contributed by atoms with Gasteiger partial charge < -0.3 is 4.74 Å². The molecule has 1 rings (SSSR count). The molecule has 0 spiro atoms. The summed E-state index contributed by atoms with van der Waals surface area (Å²) in [6.45, 7) is 5.74. The standard InChI is InChI=1S/C15H21NO2/c1-6-13(12-10-8-7-9-11-12)15(2,16(3)4)14(17)18-5/h6-11,13H,1H2,2-5H3. The van der Waals surface area contributed by atoms with E-state index >= 15 is 0 Å². The first-order valence-corrected chi connectivity index (χ1v) is 5.91. The smallest absolute Gasteiger partial charge is 0.326 e. The van der Waals surface area contributed by atoms with E-state index in [1.54, 1.807) is 6.08 Å². The van der Waals surface area contributed by atoms with Crippen LogP contribution in [0.4, 0.5) is 0 Å². The van der Waals surface area contributed by atoms with E-state index in [0.717, 1.165) is 5.56 Å². The second kappa shape index (κ2) is 5.83. The van der Waals surface area contributed by atoms with Gasteiger partial charge in [0.05, 0.1) is 7.11 Å². The zero-order chi connectivity index (χ0) is 13.8. The summed E-state index contributed by atoms with van der Waals surface area (Å²) in [7, 11) is 5.15. The number of hydrogen-bond acceptors (Lipinski definition) is 3. The van der Waals surface area contributed by atoms with Gasteiger partial charge in [0.2, 0.25) is 0 Å². The van der Waals surface area contributed by atoms with Gasteiger partial charge in [-0.2, -0.15) is 0 Å². The Balaban J connectivity index is 3.26. The highest BCUT2D eigenvalue weighted by Crippen LogP contribution is 2.34. The molecule has 0 amide bonds. The second-order valence-electron chi connectivity index (χ2n) is 4.66. The Morgan fingerprint density at radius 3 is 2.33 bits per heavy atom. The first-order valence-electron chi connectivity index (χ1n) is 5.91. The van der Waals surface area contributed by atoms with Crippen LogP contribution >= 0.6 is 0 Å². The molecule has 1 aromatic rings. The maximum atomic E-state index is 12.1. The molecule has 18 heavy (non-hydrogen) atoms. The van der Waals surface area contributed by atoms with Crippen molar-refractivity contribution in [3.8, 4) is 0 Å². The molecule has 0 fully saturated rings. The molecule has 0 saturated carbocycles. The third-order valence-corrected chi connectivity index (χ3v) is 3.53. The van der Waals surface area contributed by atoms with E-state index in [2.05, 4.69) is 6.58 Å². The maximum absolute atomic E-state index is 12.1. The lowest BCUT2D eigenvalue weighted by Crippen LogP contribution is -2.53. The van der Waals surface area contributed by atoms with Gasteiger partial charge in [-0.05, 0) is 26.6 Å². The SMILES string of the molecule is C=CC(c1ccccc1)C(C)(C(=O)OC)N(C)C. The van der Waals surface area contributed by atoms with Crippen LogP contribution in [0.15, 0.2) is 43.0 Å². The van der Waals surface area contributed by atoms with Crippen molar-refractivity contribution in [2.45, 2.75) is 18.4 Å². The molecule has 2 atom stereocenters. The van der Waals surface area contributed by atoms with Gasteiger partial charge in [0.15, 0.2) is 0 Å². The lowest BCUT2D eigenvalue weighted by atomic mass is 9.79. The molecule has 0 bridgehead atoms. The van der Waals surface area contributed by atoms with Crippen LogP contribution in [-0.2, 0) is 9.53 Å². The van der Waals surface area contributed by atoms with E-state index in [9.17, 15) is 4.79 Å². The molecule has 0 saturated heterocycles. The molecule has 0 heterocycles. The van der Waals surface area contributed by atoms with Crippen molar-refractivity contribution in [1.29, 1.82) is 0 Å². The van der Waals surface area contributed by atoms with Crippen LogP contribution < -0.4 is 0 Å². The van der Waals surface area contributed by atoms with Crippen LogP contribution in [-0.4, -0.2) is 37.6 Å². The molecule has 3 heteroatoms. The molecule has 0 aromatic heterocycles. The predicted molar refractivity (Wildman–Crippen MR) is 73.5 cm³/mol. The van der Waals surface area contributed by atoms with Crippen LogP contribution in [0.5, 0.6) is 0 Å². The van der Waals surface area contributed by atoms with E-state index < -0.39 is 5.54 Å². The average Bonchev–Trinajstić information content (AvgIpc) is 2.39. The number of benzene rings is 1. The lowest BCUT2D eigenvalue weighted by molar-refractivity contribution is -0.153. The van der Waals surface area contributed by atoms with E-state index in [0.29, 0.717) is 0 Å². The zero-order valence-corrected chi connectivity index (χ0v) is 11.5. The third-order valence-electron chi connectivity index (χ3n) is 3.53. The largest absolute Gasteiger partial charge is 0.468 e. The van der Waals surface area contributed by atoms with Gasteiger partial charge in [-0.1, -0.05) is 36.4 Å². The third kappa shape index (κ3) is 2.46. The number of rotatable bonds is 5. The Kier molecular flexibility index (Phi) is 4.68. The van der Waals surface area contributed by atoms with Crippen LogP contribution in [0.25, 0.3) is 0 Å². The summed E-state index contributed by atoms with van der Waals surface area (Å²) in [6, 6.07) is 9.86. The normalized spacial score (nSPS) is 15.8. The summed E-state index contributed by atoms with van der Waals surface area (Å²) in [4.78, 5) is 14.0. The summed E-state index contributed by atoms with van der Waals surface area (Å²) < 4.78 is 4.95. The van der Waals surface area contributed by atoms with Crippen LogP contribution in [0, 0.1) is 0 Å². The van der Waals surface area contributed by atoms with Crippen molar-refractivity contribution in [2.24, 2.45) is 0 Å².